The molecule has 1 aliphatic rings. The summed E-state index contributed by atoms with van der Waals surface area (Å²) in [7, 11) is 0. The van der Waals surface area contributed by atoms with Crippen molar-refractivity contribution in [2.45, 2.75) is 13.5 Å². The second-order valence-electron chi connectivity index (χ2n) is 5.13. The fourth-order valence-corrected chi connectivity index (χ4v) is 2.32. The molecule has 0 saturated heterocycles. The molecule has 6 nitrogen and oxygen atoms in total. The Morgan fingerprint density at radius 2 is 1.96 bits per heavy atom. The third kappa shape index (κ3) is 2.70. The van der Waals surface area contributed by atoms with E-state index >= 15 is 0 Å². The first-order chi connectivity index (χ1) is 11.3. The lowest BCUT2D eigenvalue weighted by molar-refractivity contribution is 0.174. The molecule has 2 heterocycles. The maximum absolute atomic E-state index is 5.71. The summed E-state index contributed by atoms with van der Waals surface area (Å²) < 4.78 is 21.6. The summed E-state index contributed by atoms with van der Waals surface area (Å²) in [4.78, 5) is 4.35. The molecule has 0 radical (unpaired) electrons. The summed E-state index contributed by atoms with van der Waals surface area (Å²) in [6, 6.07) is 13.3. The fourth-order valence-electron chi connectivity index (χ4n) is 2.32. The molecule has 0 aliphatic carbocycles. The molecule has 116 valence electrons. The first kappa shape index (κ1) is 13.6. The Morgan fingerprint density at radius 3 is 2.87 bits per heavy atom. The maximum Gasteiger partial charge on any atom is 0.264 e. The van der Waals surface area contributed by atoms with Crippen molar-refractivity contribution in [3.63, 3.8) is 0 Å². The van der Waals surface area contributed by atoms with Crippen LogP contribution < -0.4 is 14.2 Å². The second kappa shape index (κ2) is 5.64. The van der Waals surface area contributed by atoms with Crippen LogP contribution in [0.1, 0.15) is 11.5 Å². The fraction of sp³-hybridized carbons (Fsp3) is 0.176. The van der Waals surface area contributed by atoms with E-state index in [9.17, 15) is 0 Å². The molecule has 0 unspecified atom stereocenters. The number of fused-ring (bicyclic) bond motifs is 1. The average Bonchev–Trinajstić information content (AvgIpc) is 3.22. The SMILES string of the molecule is Cc1ccccc1OCc1nc(-c2ccc3c(c2)OCO3)no1. The smallest absolute Gasteiger partial charge is 0.264 e. The number of ether oxygens (including phenoxy) is 3. The van der Waals surface area contributed by atoms with Gasteiger partial charge >= 0.3 is 0 Å². The predicted octanol–water partition coefficient (Wildman–Crippen LogP) is 3.35. The summed E-state index contributed by atoms with van der Waals surface area (Å²) in [5.41, 5.74) is 1.86. The third-order valence-electron chi connectivity index (χ3n) is 3.54. The van der Waals surface area contributed by atoms with Crippen LogP contribution in [0.3, 0.4) is 0 Å². The molecule has 0 fully saturated rings. The zero-order valence-corrected chi connectivity index (χ0v) is 12.5. The van der Waals surface area contributed by atoms with Crippen molar-refractivity contribution >= 4 is 0 Å². The van der Waals surface area contributed by atoms with Gasteiger partial charge in [0.2, 0.25) is 12.6 Å². The Kier molecular flexibility index (Phi) is 3.34. The van der Waals surface area contributed by atoms with Crippen molar-refractivity contribution < 1.29 is 18.7 Å². The van der Waals surface area contributed by atoms with Crippen LogP contribution in [0, 0.1) is 6.92 Å². The van der Waals surface area contributed by atoms with E-state index in [1.54, 1.807) is 0 Å². The van der Waals surface area contributed by atoms with Crippen LogP contribution >= 0.6 is 0 Å². The third-order valence-corrected chi connectivity index (χ3v) is 3.54. The van der Waals surface area contributed by atoms with E-state index in [1.165, 1.54) is 0 Å². The molecule has 2 aromatic carbocycles. The van der Waals surface area contributed by atoms with Crippen molar-refractivity contribution in [1.82, 2.24) is 10.1 Å². The van der Waals surface area contributed by atoms with Crippen LogP contribution in [-0.4, -0.2) is 16.9 Å². The van der Waals surface area contributed by atoms with Crippen molar-refractivity contribution in [2.24, 2.45) is 0 Å². The van der Waals surface area contributed by atoms with Crippen LogP contribution in [0.4, 0.5) is 0 Å². The predicted molar refractivity (Wildman–Crippen MR) is 81.4 cm³/mol. The van der Waals surface area contributed by atoms with Gasteiger partial charge in [-0.25, -0.2) is 0 Å². The lowest BCUT2D eigenvalue weighted by Gasteiger charge is -2.05. The largest absolute Gasteiger partial charge is 0.483 e. The highest BCUT2D eigenvalue weighted by Gasteiger charge is 2.16. The van der Waals surface area contributed by atoms with Crippen molar-refractivity contribution in [3.05, 3.63) is 53.9 Å². The highest BCUT2D eigenvalue weighted by molar-refractivity contribution is 5.61. The molecule has 0 atom stereocenters. The Morgan fingerprint density at radius 1 is 1.09 bits per heavy atom. The minimum atomic E-state index is 0.225. The number of aromatic nitrogens is 2. The van der Waals surface area contributed by atoms with E-state index in [1.807, 2.05) is 49.4 Å². The monoisotopic (exact) mass is 310 g/mol. The van der Waals surface area contributed by atoms with Crippen LogP contribution in [0.5, 0.6) is 17.2 Å². The van der Waals surface area contributed by atoms with Gasteiger partial charge in [-0.05, 0) is 36.8 Å². The standard InChI is InChI=1S/C17H14N2O4/c1-11-4-2-3-5-13(11)20-9-16-18-17(19-23-16)12-6-7-14-15(8-12)22-10-21-14/h2-8H,9-10H2,1H3. The second-order valence-corrected chi connectivity index (χ2v) is 5.13. The first-order valence-corrected chi connectivity index (χ1v) is 7.20. The summed E-state index contributed by atoms with van der Waals surface area (Å²) in [5, 5.41) is 3.98. The molecule has 0 N–H and O–H groups in total. The van der Waals surface area contributed by atoms with E-state index in [0.717, 1.165) is 22.6 Å². The van der Waals surface area contributed by atoms with E-state index in [4.69, 9.17) is 18.7 Å². The Balaban J connectivity index is 1.50. The van der Waals surface area contributed by atoms with Crippen LogP contribution in [0.25, 0.3) is 11.4 Å². The summed E-state index contributed by atoms with van der Waals surface area (Å²) in [6.45, 7) is 2.45. The van der Waals surface area contributed by atoms with Gasteiger partial charge in [-0.3, -0.25) is 0 Å². The Labute approximate surface area is 132 Å². The lowest BCUT2D eigenvalue weighted by atomic mass is 10.2. The van der Waals surface area contributed by atoms with Crippen molar-refractivity contribution in [3.8, 4) is 28.6 Å². The highest BCUT2D eigenvalue weighted by Crippen LogP contribution is 2.35. The molecular weight excluding hydrogens is 296 g/mol. The van der Waals surface area contributed by atoms with Gasteiger partial charge in [0.25, 0.3) is 5.89 Å². The summed E-state index contributed by atoms with van der Waals surface area (Å²) in [6.07, 6.45) is 0. The normalized spacial score (nSPS) is 12.4. The van der Waals surface area contributed by atoms with Gasteiger partial charge < -0.3 is 18.7 Å². The Hall–Kier alpha value is -3.02. The van der Waals surface area contributed by atoms with Gasteiger partial charge in [-0.15, -0.1) is 0 Å². The van der Waals surface area contributed by atoms with Gasteiger partial charge in [0.15, 0.2) is 18.1 Å². The number of para-hydroxylation sites is 1. The van der Waals surface area contributed by atoms with Crippen LogP contribution in [-0.2, 0) is 6.61 Å². The van der Waals surface area contributed by atoms with Crippen LogP contribution in [0.15, 0.2) is 47.0 Å². The molecule has 4 rings (SSSR count). The van der Waals surface area contributed by atoms with Gasteiger partial charge in [0.1, 0.15) is 5.75 Å². The molecule has 1 aliphatic heterocycles. The highest BCUT2D eigenvalue weighted by atomic mass is 16.7. The van der Waals surface area contributed by atoms with E-state index in [2.05, 4.69) is 10.1 Å². The molecule has 0 spiro atoms. The zero-order chi connectivity index (χ0) is 15.6. The number of rotatable bonds is 4. The van der Waals surface area contributed by atoms with Crippen molar-refractivity contribution in [2.75, 3.05) is 6.79 Å². The van der Waals surface area contributed by atoms with Crippen LogP contribution in [0.2, 0.25) is 0 Å². The van der Waals surface area contributed by atoms with Crippen molar-refractivity contribution in [1.29, 1.82) is 0 Å². The number of aryl methyl sites for hydroxylation is 1. The number of hydrogen-bond donors (Lipinski definition) is 0. The summed E-state index contributed by atoms with van der Waals surface area (Å²) in [5.74, 6) is 3.12. The molecule has 1 aromatic heterocycles. The van der Waals surface area contributed by atoms with E-state index in [0.29, 0.717) is 17.5 Å². The molecule has 0 bridgehead atoms. The number of benzene rings is 2. The number of nitrogens with zero attached hydrogens (tertiary/aromatic N) is 2. The van der Waals surface area contributed by atoms with Gasteiger partial charge in [-0.2, -0.15) is 4.98 Å². The Bertz CT molecular complexity index is 844. The molecule has 0 amide bonds. The zero-order valence-electron chi connectivity index (χ0n) is 12.5. The first-order valence-electron chi connectivity index (χ1n) is 7.20. The molecule has 6 heteroatoms. The van der Waals surface area contributed by atoms with Gasteiger partial charge in [0, 0.05) is 5.56 Å². The lowest BCUT2D eigenvalue weighted by Crippen LogP contribution is -1.97. The molecule has 3 aromatic rings. The van der Waals surface area contributed by atoms with E-state index in [-0.39, 0.29) is 13.4 Å². The molecule has 0 saturated carbocycles. The summed E-state index contributed by atoms with van der Waals surface area (Å²) >= 11 is 0. The minimum absolute atomic E-state index is 0.225. The van der Waals surface area contributed by atoms with Gasteiger partial charge in [-0.1, -0.05) is 23.4 Å². The topological polar surface area (TPSA) is 66.6 Å². The number of hydrogen-bond acceptors (Lipinski definition) is 6. The minimum Gasteiger partial charge on any atom is -0.483 e. The molecular formula is C17H14N2O4. The average molecular weight is 310 g/mol. The maximum atomic E-state index is 5.71. The molecule has 23 heavy (non-hydrogen) atoms. The van der Waals surface area contributed by atoms with Gasteiger partial charge in [0.05, 0.1) is 0 Å². The van der Waals surface area contributed by atoms with E-state index < -0.39 is 0 Å². The quantitative estimate of drug-likeness (QED) is 0.736.